The number of aliphatic hydroxyl groups is 1. The van der Waals surface area contributed by atoms with Crippen LogP contribution in [-0.2, 0) is 22.9 Å². The van der Waals surface area contributed by atoms with Gasteiger partial charge in [0.25, 0.3) is 0 Å². The molecular weight excluding hydrogens is 572 g/mol. The molecule has 7 nitrogen and oxygen atoms in total. The van der Waals surface area contributed by atoms with Crippen LogP contribution in [0.15, 0.2) is 71.4 Å². The van der Waals surface area contributed by atoms with Gasteiger partial charge in [-0.05, 0) is 85.0 Å². The Kier molecular flexibility index (Phi) is 7.03. The number of piperidine rings is 1. The number of hydrogen-bond donors (Lipinski definition) is 1. The van der Waals surface area contributed by atoms with E-state index in [-0.39, 0.29) is 25.9 Å². The van der Waals surface area contributed by atoms with E-state index in [1.54, 1.807) is 35.3 Å². The van der Waals surface area contributed by atoms with E-state index in [0.717, 1.165) is 15.4 Å². The zero-order valence-corrected chi connectivity index (χ0v) is 23.3. The molecule has 1 aliphatic carbocycles. The molecule has 1 N–H and O–H groups in total. The number of benzene rings is 2. The number of fused-ring (bicyclic) bond motifs is 2. The van der Waals surface area contributed by atoms with Crippen LogP contribution in [0.1, 0.15) is 42.0 Å². The number of aliphatic hydroxyl groups excluding tert-OH is 1. The quantitative estimate of drug-likeness (QED) is 0.245. The summed E-state index contributed by atoms with van der Waals surface area (Å²) in [4.78, 5) is 3.68. The molecule has 6 rings (SSSR count). The monoisotopic (exact) mass is 598 g/mol. The third kappa shape index (κ3) is 4.63. The van der Waals surface area contributed by atoms with E-state index in [1.807, 2.05) is 19.1 Å². The van der Waals surface area contributed by atoms with Gasteiger partial charge in [-0.25, -0.2) is 30.7 Å². The molecule has 2 aromatic carbocycles. The lowest BCUT2D eigenvalue weighted by Crippen LogP contribution is -2.52. The molecule has 2 aromatic heterocycles. The van der Waals surface area contributed by atoms with Gasteiger partial charge in [0.05, 0.1) is 28.2 Å². The minimum atomic E-state index is -4.49. The Bertz CT molecular complexity index is 1800. The molecule has 1 unspecified atom stereocenters. The third-order valence-electron chi connectivity index (χ3n) is 8.16. The maximum atomic E-state index is 14.0. The minimum Gasteiger partial charge on any atom is -0.386 e. The van der Waals surface area contributed by atoms with Crippen molar-refractivity contribution in [2.75, 3.05) is 13.1 Å². The summed E-state index contributed by atoms with van der Waals surface area (Å²) in [6.45, 7) is 1.68. The van der Waals surface area contributed by atoms with Crippen molar-refractivity contribution >= 4 is 16.1 Å². The van der Waals surface area contributed by atoms with Gasteiger partial charge in [-0.15, -0.1) is 0 Å². The van der Waals surface area contributed by atoms with Gasteiger partial charge >= 0.3 is 0 Å². The first-order valence-electron chi connectivity index (χ1n) is 13.3. The van der Waals surface area contributed by atoms with Gasteiger partial charge < -0.3 is 5.11 Å². The highest BCUT2D eigenvalue weighted by Gasteiger charge is 2.51. The van der Waals surface area contributed by atoms with E-state index in [1.165, 1.54) is 12.1 Å². The Balaban J connectivity index is 1.46. The molecule has 0 amide bonds. The van der Waals surface area contributed by atoms with Crippen LogP contribution in [-0.4, -0.2) is 45.7 Å². The average Bonchev–Trinajstić information content (AvgIpc) is 3.40. The molecule has 2 aliphatic rings. The maximum Gasteiger partial charge on any atom is 0.243 e. The van der Waals surface area contributed by atoms with Gasteiger partial charge in [-0.3, -0.25) is 4.98 Å². The Morgan fingerprint density at radius 2 is 1.76 bits per heavy atom. The van der Waals surface area contributed by atoms with Crippen LogP contribution in [0.3, 0.4) is 0 Å². The van der Waals surface area contributed by atoms with Crippen molar-refractivity contribution in [1.29, 1.82) is 0 Å². The zero-order chi connectivity index (χ0) is 29.8. The van der Waals surface area contributed by atoms with Crippen molar-refractivity contribution < 1.29 is 31.1 Å². The Hall–Kier alpha value is -3.87. The SMILES string of the molecule is CCc1ccnc([C@@H](O)C23Cc4cnn(-c5ccc(F)cc5)c4C=C2CCN(S(=O)(=O)c2cc(F)c(F)c(F)c2)C3)c1. The van der Waals surface area contributed by atoms with Crippen molar-refractivity contribution in [3.05, 3.63) is 112 Å². The molecule has 0 radical (unpaired) electrons. The number of aromatic nitrogens is 3. The van der Waals surface area contributed by atoms with E-state index in [0.29, 0.717) is 41.2 Å². The number of rotatable bonds is 6. The second-order valence-corrected chi connectivity index (χ2v) is 12.5. The van der Waals surface area contributed by atoms with Crippen LogP contribution >= 0.6 is 0 Å². The molecule has 4 aromatic rings. The summed E-state index contributed by atoms with van der Waals surface area (Å²) in [7, 11) is -4.49. The van der Waals surface area contributed by atoms with E-state index in [4.69, 9.17) is 0 Å². The summed E-state index contributed by atoms with van der Waals surface area (Å²) >= 11 is 0. The summed E-state index contributed by atoms with van der Waals surface area (Å²) in [5, 5.41) is 16.4. The lowest BCUT2D eigenvalue weighted by Gasteiger charge is -2.48. The van der Waals surface area contributed by atoms with Crippen LogP contribution < -0.4 is 0 Å². The molecule has 0 spiro atoms. The van der Waals surface area contributed by atoms with E-state index in [2.05, 4.69) is 10.1 Å². The lowest BCUT2D eigenvalue weighted by molar-refractivity contribution is 0.0187. The summed E-state index contributed by atoms with van der Waals surface area (Å²) in [5.41, 5.74) is 2.89. The number of nitrogens with zero attached hydrogens (tertiary/aromatic N) is 4. The van der Waals surface area contributed by atoms with Crippen LogP contribution in [0.5, 0.6) is 0 Å². The summed E-state index contributed by atoms with van der Waals surface area (Å²) in [6, 6.07) is 10.3. The molecule has 1 fully saturated rings. The molecule has 0 saturated carbocycles. The Morgan fingerprint density at radius 3 is 2.45 bits per heavy atom. The van der Waals surface area contributed by atoms with Gasteiger partial charge in [0, 0.05) is 24.7 Å². The fourth-order valence-electron chi connectivity index (χ4n) is 5.89. The van der Waals surface area contributed by atoms with Gasteiger partial charge in [0.2, 0.25) is 10.0 Å². The van der Waals surface area contributed by atoms with Crippen molar-refractivity contribution in [3.8, 4) is 5.69 Å². The van der Waals surface area contributed by atoms with E-state index >= 15 is 0 Å². The number of aryl methyl sites for hydroxylation is 1. The average molecular weight is 599 g/mol. The summed E-state index contributed by atoms with van der Waals surface area (Å²) < 4.78 is 85.3. The van der Waals surface area contributed by atoms with Gasteiger partial charge in [-0.2, -0.15) is 9.40 Å². The van der Waals surface area contributed by atoms with Crippen LogP contribution in [0.25, 0.3) is 11.8 Å². The molecule has 1 saturated heterocycles. The second-order valence-electron chi connectivity index (χ2n) is 10.6. The zero-order valence-electron chi connectivity index (χ0n) is 22.4. The topological polar surface area (TPSA) is 88.3 Å². The molecule has 42 heavy (non-hydrogen) atoms. The van der Waals surface area contributed by atoms with Crippen molar-refractivity contribution in [2.45, 2.75) is 37.2 Å². The number of halogens is 4. The van der Waals surface area contributed by atoms with Crippen LogP contribution in [0, 0.1) is 28.7 Å². The highest BCUT2D eigenvalue weighted by atomic mass is 32.2. The fourth-order valence-corrected chi connectivity index (χ4v) is 7.43. The standard InChI is InChI=1S/C30H26F4N4O3S/c1-2-18-7-9-35-26(11-18)29(39)30-15-19-16-36-38(22-5-3-21(31)4-6-22)27(19)12-20(30)8-10-37(17-30)42(40,41)23-13-24(32)28(34)25(33)14-23/h3-7,9,11-14,16,29,39H,2,8,10,15,17H2,1H3/t29-,30?/m1/s1. The predicted octanol–water partition coefficient (Wildman–Crippen LogP) is 5.14. The first-order valence-corrected chi connectivity index (χ1v) is 14.8. The number of sulfonamides is 1. The minimum absolute atomic E-state index is 0.0499. The van der Waals surface area contributed by atoms with Gasteiger partial charge in [0.1, 0.15) is 11.9 Å². The largest absolute Gasteiger partial charge is 0.386 e. The summed E-state index contributed by atoms with van der Waals surface area (Å²) in [6.07, 6.45) is 4.86. The Labute approximate surface area is 239 Å². The molecule has 12 heteroatoms. The van der Waals surface area contributed by atoms with Crippen molar-refractivity contribution in [3.63, 3.8) is 0 Å². The molecule has 1 aliphatic heterocycles. The normalized spacial score (nSPS) is 19.6. The molecule has 218 valence electrons. The highest BCUT2D eigenvalue weighted by molar-refractivity contribution is 7.89. The number of hydrogen-bond acceptors (Lipinski definition) is 5. The molecule has 3 heterocycles. The Morgan fingerprint density at radius 1 is 1.05 bits per heavy atom. The number of pyridine rings is 1. The first-order chi connectivity index (χ1) is 20.0. The molecular formula is C30H26F4N4O3S. The summed E-state index contributed by atoms with van der Waals surface area (Å²) in [5.74, 6) is -5.38. The highest BCUT2D eigenvalue weighted by Crippen LogP contribution is 2.52. The van der Waals surface area contributed by atoms with Crippen molar-refractivity contribution in [1.82, 2.24) is 19.1 Å². The molecule has 0 bridgehead atoms. The van der Waals surface area contributed by atoms with Gasteiger partial charge in [-0.1, -0.05) is 12.5 Å². The maximum absolute atomic E-state index is 14.0. The lowest BCUT2D eigenvalue weighted by atomic mass is 9.64. The smallest absolute Gasteiger partial charge is 0.243 e. The van der Waals surface area contributed by atoms with Crippen LogP contribution in [0.2, 0.25) is 0 Å². The third-order valence-corrected chi connectivity index (χ3v) is 9.98. The van der Waals surface area contributed by atoms with E-state index in [9.17, 15) is 31.1 Å². The first kappa shape index (κ1) is 28.3. The fraction of sp³-hybridized carbons (Fsp3) is 0.267. The second kappa shape index (κ2) is 10.4. The van der Waals surface area contributed by atoms with Gasteiger partial charge in [0.15, 0.2) is 17.5 Å². The van der Waals surface area contributed by atoms with E-state index < -0.39 is 49.7 Å². The van der Waals surface area contributed by atoms with Crippen LogP contribution in [0.4, 0.5) is 17.6 Å². The molecule has 2 atom stereocenters. The predicted molar refractivity (Wildman–Crippen MR) is 146 cm³/mol. The van der Waals surface area contributed by atoms with Crippen molar-refractivity contribution in [2.24, 2.45) is 5.41 Å².